The number of aliphatic carboxylic acids is 1. The summed E-state index contributed by atoms with van der Waals surface area (Å²) in [5.74, 6) is -1.87. The van der Waals surface area contributed by atoms with Gasteiger partial charge in [0.15, 0.2) is 0 Å². The number of carbonyl (C=O) groups excluding carboxylic acids is 1. The molecule has 0 spiro atoms. The van der Waals surface area contributed by atoms with Crippen molar-refractivity contribution < 1.29 is 55.1 Å². The number of pyridine rings is 1. The van der Waals surface area contributed by atoms with Crippen LogP contribution in [0.4, 0.5) is 26.3 Å². The maximum absolute atomic E-state index is 12.4. The molecule has 1 rings (SSSR count). The van der Waals surface area contributed by atoms with Crippen LogP contribution in [0.3, 0.4) is 0 Å². The van der Waals surface area contributed by atoms with E-state index in [2.05, 4.69) is 4.98 Å². The molecule has 100 valence electrons. The monoisotopic (exact) mass is 279 g/mol. The summed E-state index contributed by atoms with van der Waals surface area (Å²) in [6.45, 7) is 0. The Kier molecular flexibility index (Phi) is 5.47. The molecule has 1 aromatic rings. The van der Waals surface area contributed by atoms with Crippen LogP contribution in [0.5, 0.6) is 0 Å². The zero-order chi connectivity index (χ0) is 14.1. The largest absolute Gasteiger partial charge is 1.00 e. The minimum atomic E-state index is -5.13. The van der Waals surface area contributed by atoms with Gasteiger partial charge in [0.05, 0.1) is 16.8 Å². The van der Waals surface area contributed by atoms with E-state index in [0.717, 1.165) is 0 Å². The van der Waals surface area contributed by atoms with Gasteiger partial charge in [-0.3, -0.25) is 4.98 Å². The Morgan fingerprint density at radius 1 is 1.16 bits per heavy atom. The average Bonchev–Trinajstić information content (AvgIpc) is 2.13. The van der Waals surface area contributed by atoms with Gasteiger partial charge >= 0.3 is 31.2 Å². The second kappa shape index (κ2) is 5.84. The van der Waals surface area contributed by atoms with Crippen molar-refractivity contribution in [1.29, 1.82) is 0 Å². The molecule has 0 radical (unpaired) electrons. The summed E-state index contributed by atoms with van der Waals surface area (Å²) in [4.78, 5) is 13.1. The van der Waals surface area contributed by atoms with Crippen LogP contribution >= 0.6 is 0 Å². The van der Waals surface area contributed by atoms with Crippen LogP contribution < -0.4 is 24.0 Å². The number of aromatic nitrogens is 1. The van der Waals surface area contributed by atoms with Crippen LogP contribution in [-0.4, -0.2) is 11.0 Å². The minimum Gasteiger partial charge on any atom is -0.550 e. The van der Waals surface area contributed by atoms with E-state index in [9.17, 15) is 36.2 Å². The Hall–Kier alpha value is -1.20. The molecule has 0 unspecified atom stereocenters. The Labute approximate surface area is 114 Å². The Morgan fingerprint density at radius 2 is 1.68 bits per heavy atom. The summed E-state index contributed by atoms with van der Waals surface area (Å²) < 4.78 is 74.0. The molecule has 0 aliphatic heterocycles. The molecule has 0 fully saturated rings. The molecule has 0 amide bonds. The van der Waals surface area contributed by atoms with E-state index in [1.54, 1.807) is 0 Å². The third-order valence-electron chi connectivity index (χ3n) is 1.91. The smallest absolute Gasteiger partial charge is 0.550 e. The van der Waals surface area contributed by atoms with E-state index in [4.69, 9.17) is 0 Å². The molecule has 0 aliphatic rings. The predicted molar refractivity (Wildman–Crippen MR) is 43.0 cm³/mol. The van der Waals surface area contributed by atoms with E-state index in [-0.39, 0.29) is 31.1 Å². The molecule has 19 heavy (non-hydrogen) atoms. The van der Waals surface area contributed by atoms with Gasteiger partial charge in [0.25, 0.3) is 0 Å². The van der Waals surface area contributed by atoms with Gasteiger partial charge in [0.1, 0.15) is 0 Å². The zero-order valence-electron chi connectivity index (χ0n) is 9.39. The molecule has 0 bridgehead atoms. The third-order valence-corrected chi connectivity index (χ3v) is 1.91. The van der Waals surface area contributed by atoms with Gasteiger partial charge in [-0.1, -0.05) is 0 Å². The maximum atomic E-state index is 12.4. The first-order chi connectivity index (χ1) is 8.01. The van der Waals surface area contributed by atoms with Crippen LogP contribution in [0.1, 0.15) is 16.8 Å². The minimum absolute atomic E-state index is 0. The van der Waals surface area contributed by atoms with Crippen molar-refractivity contribution in [3.63, 3.8) is 0 Å². The van der Waals surface area contributed by atoms with Gasteiger partial charge < -0.3 is 9.90 Å². The molecule has 10 heteroatoms. The Balaban J connectivity index is 0.00000324. The number of halogens is 6. The Morgan fingerprint density at radius 3 is 2.05 bits per heavy atom. The van der Waals surface area contributed by atoms with Gasteiger partial charge in [-0.15, -0.1) is 0 Å². The molecule has 0 saturated heterocycles. The number of alkyl halides is 6. The molecule has 1 heterocycles. The molecule has 0 aromatic carbocycles. The summed E-state index contributed by atoms with van der Waals surface area (Å²) in [6, 6.07) is -0.175. The van der Waals surface area contributed by atoms with Gasteiger partial charge in [-0.25, -0.2) is 0 Å². The third kappa shape index (κ3) is 4.76. The van der Waals surface area contributed by atoms with Gasteiger partial charge in [-0.05, 0) is 6.07 Å². The fourth-order valence-corrected chi connectivity index (χ4v) is 1.17. The molecular weight excluding hydrogens is 275 g/mol. The van der Waals surface area contributed by atoms with Gasteiger partial charge in [0, 0.05) is 18.6 Å². The summed E-state index contributed by atoms with van der Waals surface area (Å²) in [6.07, 6.45) is -11.2. The van der Waals surface area contributed by atoms with E-state index < -0.39 is 41.6 Å². The topological polar surface area (TPSA) is 53.0 Å². The maximum Gasteiger partial charge on any atom is 1.00 e. The van der Waals surface area contributed by atoms with Crippen molar-refractivity contribution in [1.82, 2.24) is 4.98 Å². The van der Waals surface area contributed by atoms with E-state index in [1.165, 1.54) is 0 Å². The molecule has 0 saturated carbocycles. The summed E-state index contributed by atoms with van der Waals surface area (Å²) in [5, 5.41) is 10.2. The molecule has 3 nitrogen and oxygen atoms in total. The number of nitrogens with zero attached hydrogens (tertiary/aromatic N) is 1. The number of hydrogen-bond acceptors (Lipinski definition) is 3. The average molecular weight is 279 g/mol. The second-order valence-electron chi connectivity index (χ2n) is 3.26. The number of carbonyl (C=O) groups is 1. The summed E-state index contributed by atoms with van der Waals surface area (Å²) >= 11 is 0. The zero-order valence-corrected chi connectivity index (χ0v) is 9.39. The van der Waals surface area contributed by atoms with Crippen molar-refractivity contribution in [2.75, 3.05) is 0 Å². The van der Waals surface area contributed by atoms with Gasteiger partial charge in [0.2, 0.25) is 0 Å². The molecule has 1 aromatic heterocycles. The fraction of sp³-hybridized carbons (Fsp3) is 0.333. The molecule has 0 atom stereocenters. The predicted octanol–water partition coefficient (Wildman–Crippen LogP) is -1.58. The van der Waals surface area contributed by atoms with E-state index in [1.807, 2.05) is 0 Å². The molecule has 0 aliphatic carbocycles. The van der Waals surface area contributed by atoms with Crippen LogP contribution in [0, 0.1) is 0 Å². The first-order valence-corrected chi connectivity index (χ1v) is 4.35. The molecular formula is C9H4F6LiNO2. The van der Waals surface area contributed by atoms with E-state index >= 15 is 0 Å². The normalized spacial score (nSPS) is 11.9. The number of rotatable bonds is 2. The van der Waals surface area contributed by atoms with Crippen LogP contribution in [0.25, 0.3) is 0 Å². The van der Waals surface area contributed by atoms with Gasteiger partial charge in [-0.2, -0.15) is 26.3 Å². The summed E-state index contributed by atoms with van der Waals surface area (Å²) in [5.41, 5.74) is -4.35. The first kappa shape index (κ1) is 17.8. The van der Waals surface area contributed by atoms with Crippen molar-refractivity contribution in [2.24, 2.45) is 0 Å². The first-order valence-electron chi connectivity index (χ1n) is 4.35. The quantitative estimate of drug-likeness (QED) is 0.485. The number of carboxylic acid groups (broad SMARTS) is 1. The van der Waals surface area contributed by atoms with Crippen LogP contribution in [-0.2, 0) is 23.6 Å². The van der Waals surface area contributed by atoms with Crippen molar-refractivity contribution >= 4 is 5.97 Å². The Bertz CT molecular complexity index is 471. The second-order valence-corrected chi connectivity index (χ2v) is 3.26. The number of hydrogen-bond donors (Lipinski definition) is 0. The van der Waals surface area contributed by atoms with Crippen molar-refractivity contribution in [2.45, 2.75) is 18.8 Å². The SMILES string of the molecule is O=C([O-])Cc1ncc(C(F)(F)F)cc1C(F)(F)F.[Li+]. The summed E-state index contributed by atoms with van der Waals surface area (Å²) in [7, 11) is 0. The standard InChI is InChI=1S/C9H5F6NO2.Li/c10-8(11,12)4-1-5(9(13,14)15)6(16-3-4)2-7(17)18;/h1,3H,2H2,(H,17,18);/q;+1/p-1. The molecule has 0 N–H and O–H groups in total. The van der Waals surface area contributed by atoms with Crippen molar-refractivity contribution in [3.8, 4) is 0 Å². The van der Waals surface area contributed by atoms with Crippen LogP contribution in [0.15, 0.2) is 12.3 Å². The number of carboxylic acids is 1. The van der Waals surface area contributed by atoms with Crippen LogP contribution in [0.2, 0.25) is 0 Å². The fourth-order valence-electron chi connectivity index (χ4n) is 1.17. The van der Waals surface area contributed by atoms with Crippen molar-refractivity contribution in [3.05, 3.63) is 29.1 Å². The van der Waals surface area contributed by atoms with E-state index in [0.29, 0.717) is 0 Å².